The number of carbonyl (C=O) groups excluding carboxylic acids is 1. The molecule has 76 valence electrons. The molecule has 1 aliphatic rings. The van der Waals surface area contributed by atoms with Gasteiger partial charge in [0.2, 0.25) is 0 Å². The standard InChI is InChI=1S/C10H19NO2/c1-4-10(5-2)7-6-8(11-10)9(12)13-3/h8,11H,4-7H2,1-3H3. The van der Waals surface area contributed by atoms with E-state index in [9.17, 15) is 4.79 Å². The average Bonchev–Trinajstić information content (AvgIpc) is 2.61. The van der Waals surface area contributed by atoms with Crippen molar-refractivity contribution in [3.05, 3.63) is 0 Å². The predicted molar refractivity (Wildman–Crippen MR) is 51.5 cm³/mol. The number of methoxy groups -OCH3 is 1. The third-order valence-corrected chi connectivity index (χ3v) is 3.23. The minimum Gasteiger partial charge on any atom is -0.468 e. The molecule has 1 heterocycles. The molecule has 0 aromatic rings. The van der Waals surface area contributed by atoms with Crippen molar-refractivity contribution in [2.75, 3.05) is 7.11 Å². The van der Waals surface area contributed by atoms with Gasteiger partial charge in [-0.05, 0) is 25.7 Å². The van der Waals surface area contributed by atoms with Crippen LogP contribution in [0.1, 0.15) is 39.5 Å². The second kappa shape index (κ2) is 4.09. The van der Waals surface area contributed by atoms with Gasteiger partial charge < -0.3 is 4.74 Å². The zero-order valence-corrected chi connectivity index (χ0v) is 8.72. The molecule has 1 atom stereocenters. The number of rotatable bonds is 3. The van der Waals surface area contributed by atoms with E-state index in [-0.39, 0.29) is 17.6 Å². The van der Waals surface area contributed by atoms with E-state index in [4.69, 9.17) is 4.74 Å². The average molecular weight is 185 g/mol. The second-order valence-corrected chi connectivity index (χ2v) is 3.75. The molecule has 1 unspecified atom stereocenters. The van der Waals surface area contributed by atoms with E-state index in [1.54, 1.807) is 0 Å². The number of hydrogen-bond donors (Lipinski definition) is 1. The maximum absolute atomic E-state index is 11.2. The van der Waals surface area contributed by atoms with Crippen LogP contribution in [-0.4, -0.2) is 24.7 Å². The first-order valence-electron chi connectivity index (χ1n) is 5.03. The van der Waals surface area contributed by atoms with Crippen molar-refractivity contribution in [1.29, 1.82) is 0 Å². The molecule has 1 fully saturated rings. The van der Waals surface area contributed by atoms with Gasteiger partial charge in [0.1, 0.15) is 6.04 Å². The van der Waals surface area contributed by atoms with Crippen LogP contribution in [0.25, 0.3) is 0 Å². The number of nitrogens with one attached hydrogen (secondary N) is 1. The highest BCUT2D eigenvalue weighted by atomic mass is 16.5. The molecule has 1 N–H and O–H groups in total. The van der Waals surface area contributed by atoms with E-state index in [1.807, 2.05) is 0 Å². The van der Waals surface area contributed by atoms with Crippen LogP contribution in [0.4, 0.5) is 0 Å². The fourth-order valence-electron chi connectivity index (χ4n) is 2.06. The lowest BCUT2D eigenvalue weighted by Crippen LogP contribution is -2.45. The Kier molecular flexibility index (Phi) is 3.31. The molecule has 0 amide bonds. The Morgan fingerprint density at radius 3 is 2.54 bits per heavy atom. The molecule has 0 spiro atoms. The predicted octanol–water partition coefficient (Wildman–Crippen LogP) is 1.47. The lowest BCUT2D eigenvalue weighted by molar-refractivity contribution is -0.142. The first-order valence-corrected chi connectivity index (χ1v) is 5.03. The smallest absolute Gasteiger partial charge is 0.322 e. The molecule has 0 saturated carbocycles. The summed E-state index contributed by atoms with van der Waals surface area (Å²) in [6, 6.07) is -0.0788. The summed E-state index contributed by atoms with van der Waals surface area (Å²) in [5, 5.41) is 3.38. The zero-order chi connectivity index (χ0) is 9.90. The summed E-state index contributed by atoms with van der Waals surface area (Å²) in [4.78, 5) is 11.2. The third kappa shape index (κ3) is 2.02. The van der Waals surface area contributed by atoms with E-state index < -0.39 is 0 Å². The lowest BCUT2D eigenvalue weighted by atomic mass is 9.91. The minimum atomic E-state index is -0.122. The molecule has 0 aromatic carbocycles. The molecular weight excluding hydrogens is 166 g/mol. The molecule has 1 saturated heterocycles. The molecular formula is C10H19NO2. The van der Waals surface area contributed by atoms with E-state index >= 15 is 0 Å². The van der Waals surface area contributed by atoms with Crippen LogP contribution < -0.4 is 5.32 Å². The van der Waals surface area contributed by atoms with Gasteiger partial charge >= 0.3 is 5.97 Å². The maximum atomic E-state index is 11.2. The van der Waals surface area contributed by atoms with Gasteiger partial charge in [0, 0.05) is 5.54 Å². The van der Waals surface area contributed by atoms with E-state index in [1.165, 1.54) is 7.11 Å². The Labute approximate surface area is 79.8 Å². The summed E-state index contributed by atoms with van der Waals surface area (Å²) in [6.07, 6.45) is 4.15. The van der Waals surface area contributed by atoms with Crippen molar-refractivity contribution in [2.45, 2.75) is 51.1 Å². The quantitative estimate of drug-likeness (QED) is 0.677. The SMILES string of the molecule is CCC1(CC)CCC(C(=O)OC)N1. The van der Waals surface area contributed by atoms with Crippen LogP contribution >= 0.6 is 0 Å². The van der Waals surface area contributed by atoms with Crippen molar-refractivity contribution >= 4 is 5.97 Å². The Bertz CT molecular complexity index is 187. The molecule has 0 radical (unpaired) electrons. The summed E-state index contributed by atoms with van der Waals surface area (Å²) in [6.45, 7) is 4.33. The van der Waals surface area contributed by atoms with Gasteiger partial charge in [0.15, 0.2) is 0 Å². The first kappa shape index (κ1) is 10.5. The molecule has 0 bridgehead atoms. The van der Waals surface area contributed by atoms with Gasteiger partial charge in [-0.2, -0.15) is 0 Å². The van der Waals surface area contributed by atoms with Gasteiger partial charge in [-0.1, -0.05) is 13.8 Å². The van der Waals surface area contributed by atoms with Crippen LogP contribution in [0.2, 0.25) is 0 Å². The minimum absolute atomic E-state index is 0.0788. The zero-order valence-electron chi connectivity index (χ0n) is 8.72. The van der Waals surface area contributed by atoms with Crippen molar-refractivity contribution in [2.24, 2.45) is 0 Å². The first-order chi connectivity index (χ1) is 6.17. The topological polar surface area (TPSA) is 38.3 Å². The normalized spacial score (nSPS) is 25.9. The molecule has 0 aliphatic carbocycles. The van der Waals surface area contributed by atoms with Crippen molar-refractivity contribution in [3.63, 3.8) is 0 Å². The summed E-state index contributed by atoms with van der Waals surface area (Å²) in [5.74, 6) is -0.122. The fourth-order valence-corrected chi connectivity index (χ4v) is 2.06. The third-order valence-electron chi connectivity index (χ3n) is 3.23. The van der Waals surface area contributed by atoms with Gasteiger partial charge in [-0.3, -0.25) is 10.1 Å². The van der Waals surface area contributed by atoms with Gasteiger partial charge in [-0.15, -0.1) is 0 Å². The Balaban J connectivity index is 2.56. The molecule has 1 aliphatic heterocycles. The Morgan fingerprint density at radius 1 is 1.54 bits per heavy atom. The molecule has 1 rings (SSSR count). The summed E-state index contributed by atoms with van der Waals surface area (Å²) < 4.78 is 4.72. The molecule has 3 nitrogen and oxygen atoms in total. The van der Waals surface area contributed by atoms with Crippen molar-refractivity contribution < 1.29 is 9.53 Å². The van der Waals surface area contributed by atoms with Crippen LogP contribution in [-0.2, 0) is 9.53 Å². The van der Waals surface area contributed by atoms with E-state index in [0.29, 0.717) is 0 Å². The van der Waals surface area contributed by atoms with Gasteiger partial charge in [0.05, 0.1) is 7.11 Å². The number of ether oxygens (including phenoxy) is 1. The van der Waals surface area contributed by atoms with E-state index in [2.05, 4.69) is 19.2 Å². The van der Waals surface area contributed by atoms with Gasteiger partial charge in [-0.25, -0.2) is 0 Å². The highest BCUT2D eigenvalue weighted by Crippen LogP contribution is 2.29. The highest BCUT2D eigenvalue weighted by molar-refractivity contribution is 5.76. The van der Waals surface area contributed by atoms with Crippen molar-refractivity contribution in [3.8, 4) is 0 Å². The largest absolute Gasteiger partial charge is 0.468 e. The number of hydrogen-bond acceptors (Lipinski definition) is 3. The van der Waals surface area contributed by atoms with Crippen LogP contribution in [0.5, 0.6) is 0 Å². The highest BCUT2D eigenvalue weighted by Gasteiger charge is 2.38. The molecule has 0 aromatic heterocycles. The Hall–Kier alpha value is -0.570. The van der Waals surface area contributed by atoms with Crippen LogP contribution in [0, 0.1) is 0 Å². The fraction of sp³-hybridized carbons (Fsp3) is 0.900. The molecule has 3 heteroatoms. The summed E-state index contributed by atoms with van der Waals surface area (Å²) in [7, 11) is 1.45. The maximum Gasteiger partial charge on any atom is 0.322 e. The Morgan fingerprint density at radius 2 is 2.15 bits per heavy atom. The van der Waals surface area contributed by atoms with Crippen LogP contribution in [0.3, 0.4) is 0 Å². The summed E-state index contributed by atoms with van der Waals surface area (Å²) >= 11 is 0. The summed E-state index contributed by atoms with van der Waals surface area (Å²) in [5.41, 5.74) is 0.179. The van der Waals surface area contributed by atoms with Crippen molar-refractivity contribution in [1.82, 2.24) is 5.32 Å². The number of carbonyl (C=O) groups is 1. The second-order valence-electron chi connectivity index (χ2n) is 3.75. The van der Waals surface area contributed by atoms with Gasteiger partial charge in [0.25, 0.3) is 0 Å². The van der Waals surface area contributed by atoms with E-state index in [0.717, 1.165) is 25.7 Å². The monoisotopic (exact) mass is 185 g/mol. The van der Waals surface area contributed by atoms with Crippen LogP contribution in [0.15, 0.2) is 0 Å². The number of esters is 1. The lowest BCUT2D eigenvalue weighted by Gasteiger charge is -2.27. The molecule has 13 heavy (non-hydrogen) atoms.